The second-order valence-corrected chi connectivity index (χ2v) is 8.14. The van der Waals surface area contributed by atoms with E-state index in [4.69, 9.17) is 0 Å². The minimum absolute atomic E-state index is 0.0351. The zero-order chi connectivity index (χ0) is 20.0. The first-order chi connectivity index (χ1) is 13.3. The van der Waals surface area contributed by atoms with E-state index >= 15 is 0 Å². The van der Waals surface area contributed by atoms with Gasteiger partial charge in [0, 0.05) is 22.0 Å². The van der Waals surface area contributed by atoms with Crippen molar-refractivity contribution in [1.29, 1.82) is 0 Å². The van der Waals surface area contributed by atoms with Crippen molar-refractivity contribution in [2.75, 3.05) is 5.32 Å². The zero-order valence-corrected chi connectivity index (χ0v) is 17.5. The van der Waals surface area contributed by atoms with Crippen LogP contribution in [-0.4, -0.2) is 21.5 Å². The van der Waals surface area contributed by atoms with E-state index in [0.29, 0.717) is 11.4 Å². The van der Waals surface area contributed by atoms with Gasteiger partial charge in [0.1, 0.15) is 5.82 Å². The number of rotatable bonds is 3. The summed E-state index contributed by atoms with van der Waals surface area (Å²) in [5.41, 5.74) is 5.07. The molecule has 142 valence electrons. The zero-order valence-electron chi connectivity index (χ0n) is 15.9. The Morgan fingerprint density at radius 3 is 2.54 bits per heavy atom. The number of hydrogen-bond acceptors (Lipinski definition) is 3. The van der Waals surface area contributed by atoms with Crippen LogP contribution in [-0.2, 0) is 4.79 Å². The van der Waals surface area contributed by atoms with E-state index < -0.39 is 5.92 Å². The Bertz CT molecular complexity index is 1100. The molecule has 0 saturated carbocycles. The largest absolute Gasteiger partial charge is 0.310 e. The minimum Gasteiger partial charge on any atom is -0.310 e. The number of fused-ring (bicyclic) bond motifs is 1. The van der Waals surface area contributed by atoms with Crippen LogP contribution in [0.1, 0.15) is 45.1 Å². The van der Waals surface area contributed by atoms with Crippen molar-refractivity contribution in [2.24, 2.45) is 0 Å². The quantitative estimate of drug-likeness (QED) is 0.594. The monoisotopic (exact) mass is 437 g/mol. The Hall–Kier alpha value is -2.73. The Balaban J connectivity index is 1.82. The summed E-state index contributed by atoms with van der Waals surface area (Å²) in [6.07, 6.45) is 0.131. The first kappa shape index (κ1) is 18.6. The highest BCUT2D eigenvalue weighted by atomic mass is 79.9. The van der Waals surface area contributed by atoms with Crippen LogP contribution in [0.2, 0.25) is 0 Å². The van der Waals surface area contributed by atoms with Gasteiger partial charge in [0.25, 0.3) is 0 Å². The normalized spacial score (nSPS) is 15.9. The molecule has 1 atom stereocenters. The van der Waals surface area contributed by atoms with Gasteiger partial charge >= 0.3 is 0 Å². The molecule has 28 heavy (non-hydrogen) atoms. The van der Waals surface area contributed by atoms with E-state index in [1.807, 2.05) is 63.2 Å². The van der Waals surface area contributed by atoms with Gasteiger partial charge in [-0.05, 0) is 50.6 Å². The van der Waals surface area contributed by atoms with Crippen molar-refractivity contribution in [2.45, 2.75) is 33.1 Å². The predicted molar refractivity (Wildman–Crippen MR) is 112 cm³/mol. The van der Waals surface area contributed by atoms with Crippen LogP contribution in [0.25, 0.3) is 5.69 Å². The number of aromatic nitrogens is 2. The molecule has 0 spiro atoms. The molecule has 0 fully saturated rings. The summed E-state index contributed by atoms with van der Waals surface area (Å²) in [7, 11) is 0. The number of anilines is 1. The lowest BCUT2D eigenvalue weighted by molar-refractivity contribution is -0.116. The number of amides is 1. The van der Waals surface area contributed by atoms with Crippen LogP contribution < -0.4 is 5.32 Å². The van der Waals surface area contributed by atoms with Gasteiger partial charge in [-0.3, -0.25) is 9.59 Å². The third kappa shape index (κ3) is 3.18. The molecule has 0 aliphatic carbocycles. The Morgan fingerprint density at radius 1 is 1.14 bits per heavy atom. The molecule has 1 aliphatic rings. The summed E-state index contributed by atoms with van der Waals surface area (Å²) in [5.74, 6) is -0.158. The van der Waals surface area contributed by atoms with Gasteiger partial charge in [-0.2, -0.15) is 5.10 Å². The summed E-state index contributed by atoms with van der Waals surface area (Å²) >= 11 is 3.43. The number of nitrogens with one attached hydrogen (secondary N) is 1. The van der Waals surface area contributed by atoms with Gasteiger partial charge in [0.05, 0.1) is 17.3 Å². The molecule has 1 aromatic heterocycles. The van der Waals surface area contributed by atoms with Gasteiger partial charge in [0.2, 0.25) is 5.91 Å². The number of nitrogens with zero attached hydrogens (tertiary/aromatic N) is 2. The standard InChI is InChI=1S/C22H20BrN3O2/c1-12-4-9-17(13(2)10-12)21(28)18-11-19(27)24-22-20(18)14(3)25-26(22)16-7-5-15(23)6-8-16/h4-10,18H,11H2,1-3H3,(H,24,27). The highest BCUT2D eigenvalue weighted by Crippen LogP contribution is 2.38. The third-order valence-corrected chi connectivity index (χ3v) is 5.67. The molecule has 5 nitrogen and oxygen atoms in total. The number of hydrogen-bond donors (Lipinski definition) is 1. The number of halogens is 1. The van der Waals surface area contributed by atoms with Crippen molar-refractivity contribution < 1.29 is 9.59 Å². The third-order valence-electron chi connectivity index (χ3n) is 5.14. The van der Waals surface area contributed by atoms with Crippen LogP contribution in [0, 0.1) is 20.8 Å². The number of carbonyl (C=O) groups excluding carboxylic acids is 2. The summed E-state index contributed by atoms with van der Waals surface area (Å²) in [4.78, 5) is 25.8. The highest BCUT2D eigenvalue weighted by Gasteiger charge is 2.36. The first-order valence-electron chi connectivity index (χ1n) is 9.12. The van der Waals surface area contributed by atoms with Crippen LogP contribution in [0.15, 0.2) is 46.9 Å². The molecule has 6 heteroatoms. The number of aryl methyl sites for hydroxylation is 3. The average Bonchev–Trinajstić information content (AvgIpc) is 2.97. The molecule has 3 aromatic rings. The second-order valence-electron chi connectivity index (χ2n) is 7.22. The Kier molecular flexibility index (Phi) is 4.67. The molecule has 0 bridgehead atoms. The van der Waals surface area contributed by atoms with Gasteiger partial charge in [-0.25, -0.2) is 4.68 Å². The number of Topliss-reactive ketones (excluding diaryl/α,β-unsaturated/α-hetero) is 1. The summed E-state index contributed by atoms with van der Waals surface area (Å²) in [5, 5.41) is 7.54. The van der Waals surface area contributed by atoms with Gasteiger partial charge in [-0.1, -0.05) is 39.7 Å². The molecule has 1 amide bonds. The van der Waals surface area contributed by atoms with Crippen LogP contribution in [0.3, 0.4) is 0 Å². The van der Waals surface area contributed by atoms with E-state index in [0.717, 1.165) is 32.5 Å². The van der Waals surface area contributed by atoms with Crippen LogP contribution in [0.5, 0.6) is 0 Å². The predicted octanol–water partition coefficient (Wildman–Crippen LogP) is 4.87. The number of ketones is 1. The van der Waals surface area contributed by atoms with E-state index in [-0.39, 0.29) is 18.1 Å². The fourth-order valence-corrected chi connectivity index (χ4v) is 4.08. The molecule has 0 saturated heterocycles. The van der Waals surface area contributed by atoms with Crippen molar-refractivity contribution in [3.05, 3.63) is 74.9 Å². The average molecular weight is 438 g/mol. The SMILES string of the molecule is Cc1ccc(C(=O)C2CC(=O)Nc3c2c(C)nn3-c2ccc(Br)cc2)c(C)c1. The second kappa shape index (κ2) is 7.02. The molecule has 2 heterocycles. The molecule has 4 rings (SSSR count). The first-order valence-corrected chi connectivity index (χ1v) is 9.91. The number of carbonyl (C=O) groups is 2. The molecule has 1 N–H and O–H groups in total. The topological polar surface area (TPSA) is 64.0 Å². The molecular weight excluding hydrogens is 418 g/mol. The molecule has 2 aromatic carbocycles. The summed E-state index contributed by atoms with van der Waals surface area (Å²) in [6, 6.07) is 13.4. The summed E-state index contributed by atoms with van der Waals surface area (Å²) in [6.45, 7) is 5.82. The van der Waals surface area contributed by atoms with Gasteiger partial charge in [0.15, 0.2) is 5.78 Å². The van der Waals surface area contributed by atoms with Gasteiger partial charge in [-0.15, -0.1) is 0 Å². The molecule has 1 unspecified atom stereocenters. The fraction of sp³-hybridized carbons (Fsp3) is 0.227. The van der Waals surface area contributed by atoms with Crippen LogP contribution >= 0.6 is 15.9 Å². The van der Waals surface area contributed by atoms with Crippen molar-refractivity contribution >= 4 is 33.4 Å². The van der Waals surface area contributed by atoms with Crippen LogP contribution in [0.4, 0.5) is 5.82 Å². The van der Waals surface area contributed by atoms with E-state index in [2.05, 4.69) is 26.3 Å². The lowest BCUT2D eigenvalue weighted by atomic mass is 9.84. The van der Waals surface area contributed by atoms with Gasteiger partial charge < -0.3 is 5.32 Å². The molecule has 0 radical (unpaired) electrons. The minimum atomic E-state index is -0.533. The van der Waals surface area contributed by atoms with E-state index in [1.54, 1.807) is 4.68 Å². The maximum atomic E-state index is 13.4. The fourth-order valence-electron chi connectivity index (χ4n) is 3.82. The highest BCUT2D eigenvalue weighted by molar-refractivity contribution is 9.10. The van der Waals surface area contributed by atoms with E-state index in [1.165, 1.54) is 0 Å². The Labute approximate surface area is 171 Å². The lowest BCUT2D eigenvalue weighted by Crippen LogP contribution is -2.28. The molecule has 1 aliphatic heterocycles. The van der Waals surface area contributed by atoms with Crippen molar-refractivity contribution in [3.63, 3.8) is 0 Å². The lowest BCUT2D eigenvalue weighted by Gasteiger charge is -2.23. The van der Waals surface area contributed by atoms with Crippen molar-refractivity contribution in [3.8, 4) is 5.69 Å². The van der Waals surface area contributed by atoms with E-state index in [9.17, 15) is 9.59 Å². The molecular formula is C22H20BrN3O2. The van der Waals surface area contributed by atoms with Crippen molar-refractivity contribution in [1.82, 2.24) is 9.78 Å². The maximum absolute atomic E-state index is 13.4. The summed E-state index contributed by atoms with van der Waals surface area (Å²) < 4.78 is 2.66. The smallest absolute Gasteiger partial charge is 0.226 e. The number of benzene rings is 2. The Morgan fingerprint density at radius 2 is 1.86 bits per heavy atom. The maximum Gasteiger partial charge on any atom is 0.226 e.